The number of allylic oxidation sites excluding steroid dienone is 1. The van der Waals surface area contributed by atoms with E-state index in [1.807, 2.05) is 6.08 Å². The fourth-order valence-corrected chi connectivity index (χ4v) is 2.42. The molecule has 22 heavy (non-hydrogen) atoms. The number of aliphatic hydroxyl groups is 2. The molecule has 7 nitrogen and oxygen atoms in total. The highest BCUT2D eigenvalue weighted by Gasteiger charge is 2.35. The molecule has 7 heteroatoms. The van der Waals surface area contributed by atoms with Gasteiger partial charge in [0.1, 0.15) is 12.3 Å². The number of unbranched alkanes of at least 4 members (excludes halogenated alkanes) is 2. The minimum Gasteiger partial charge on any atom is -0.394 e. The average Bonchev–Trinajstić information content (AvgIpc) is 2.86. The van der Waals surface area contributed by atoms with Gasteiger partial charge >= 0.3 is 5.69 Å². The number of H-pyrrole nitrogens is 1. The van der Waals surface area contributed by atoms with Crippen LogP contribution in [-0.2, 0) is 4.74 Å². The van der Waals surface area contributed by atoms with Gasteiger partial charge in [0.05, 0.1) is 18.3 Å². The van der Waals surface area contributed by atoms with Crippen LogP contribution in [0, 0.1) is 0 Å². The van der Waals surface area contributed by atoms with E-state index in [0.717, 1.165) is 19.3 Å². The first-order valence-electron chi connectivity index (χ1n) is 7.53. The minimum absolute atomic E-state index is 0.191. The van der Waals surface area contributed by atoms with Crippen molar-refractivity contribution in [3.8, 4) is 0 Å². The van der Waals surface area contributed by atoms with Crippen LogP contribution < -0.4 is 11.2 Å². The highest BCUT2D eigenvalue weighted by molar-refractivity contribution is 5.46. The van der Waals surface area contributed by atoms with Crippen LogP contribution in [0.5, 0.6) is 0 Å². The fourth-order valence-electron chi connectivity index (χ4n) is 2.42. The molecule has 1 aromatic rings. The molecule has 3 N–H and O–H groups in total. The van der Waals surface area contributed by atoms with Gasteiger partial charge in [0.15, 0.2) is 0 Å². The molecule has 0 bridgehead atoms. The lowest BCUT2D eigenvalue weighted by Crippen LogP contribution is -2.33. The largest absolute Gasteiger partial charge is 0.394 e. The van der Waals surface area contributed by atoms with Crippen LogP contribution in [0.4, 0.5) is 0 Å². The van der Waals surface area contributed by atoms with Crippen molar-refractivity contribution in [2.24, 2.45) is 0 Å². The van der Waals surface area contributed by atoms with Crippen molar-refractivity contribution in [3.05, 3.63) is 38.7 Å². The van der Waals surface area contributed by atoms with E-state index in [4.69, 9.17) is 9.84 Å². The Kier molecular flexibility index (Phi) is 5.70. The summed E-state index contributed by atoms with van der Waals surface area (Å²) >= 11 is 0. The van der Waals surface area contributed by atoms with Gasteiger partial charge in [-0.1, -0.05) is 31.9 Å². The first-order chi connectivity index (χ1) is 10.6. The third-order valence-electron chi connectivity index (χ3n) is 3.71. The van der Waals surface area contributed by atoms with E-state index in [2.05, 4.69) is 11.9 Å². The van der Waals surface area contributed by atoms with E-state index >= 15 is 0 Å². The van der Waals surface area contributed by atoms with Crippen molar-refractivity contribution in [3.63, 3.8) is 0 Å². The van der Waals surface area contributed by atoms with Crippen LogP contribution in [0.3, 0.4) is 0 Å². The highest BCUT2D eigenvalue weighted by Crippen LogP contribution is 2.27. The van der Waals surface area contributed by atoms with Gasteiger partial charge in [-0.15, -0.1) is 0 Å². The molecule has 0 aliphatic carbocycles. The molecule has 0 aromatic carbocycles. The molecule has 1 fully saturated rings. The smallest absolute Gasteiger partial charge is 0.330 e. The summed E-state index contributed by atoms with van der Waals surface area (Å²) in [5.41, 5.74) is -0.681. The van der Waals surface area contributed by atoms with Crippen LogP contribution in [0.15, 0.2) is 21.9 Å². The lowest BCUT2D eigenvalue weighted by molar-refractivity contribution is -0.0459. The van der Waals surface area contributed by atoms with E-state index in [-0.39, 0.29) is 13.0 Å². The van der Waals surface area contributed by atoms with Crippen LogP contribution in [0.2, 0.25) is 0 Å². The standard InChI is InChI=1S/C15H22N2O5/c1-2-3-4-5-6-10-8-17(15(21)16-14(10)20)13-7-11(19)12(9-18)22-13/h5-6,8,11-13,18-19H,2-4,7,9H2,1H3,(H,16,20,21)/b6-5-. The average molecular weight is 310 g/mol. The van der Waals surface area contributed by atoms with E-state index < -0.39 is 29.7 Å². The van der Waals surface area contributed by atoms with Gasteiger partial charge in [-0.2, -0.15) is 0 Å². The van der Waals surface area contributed by atoms with Crippen LogP contribution in [-0.4, -0.2) is 38.6 Å². The molecule has 0 amide bonds. The molecule has 1 aliphatic rings. The van der Waals surface area contributed by atoms with Crippen molar-refractivity contribution in [2.45, 2.75) is 51.0 Å². The second kappa shape index (κ2) is 7.53. The van der Waals surface area contributed by atoms with E-state index in [0.29, 0.717) is 5.56 Å². The number of aromatic nitrogens is 2. The van der Waals surface area contributed by atoms with Crippen molar-refractivity contribution >= 4 is 6.08 Å². The van der Waals surface area contributed by atoms with Crippen molar-refractivity contribution in [1.82, 2.24) is 9.55 Å². The zero-order valence-corrected chi connectivity index (χ0v) is 12.6. The summed E-state index contributed by atoms with van der Waals surface area (Å²) in [7, 11) is 0. The summed E-state index contributed by atoms with van der Waals surface area (Å²) in [5, 5.41) is 18.8. The predicted octanol–water partition coefficient (Wildman–Crippen LogP) is 0.381. The Balaban J connectivity index is 2.24. The predicted molar refractivity (Wildman–Crippen MR) is 81.5 cm³/mol. The molecule has 3 unspecified atom stereocenters. The van der Waals surface area contributed by atoms with Crippen LogP contribution >= 0.6 is 0 Å². The fraction of sp³-hybridized carbons (Fsp3) is 0.600. The lowest BCUT2D eigenvalue weighted by atomic mass is 10.2. The second-order valence-corrected chi connectivity index (χ2v) is 5.41. The van der Waals surface area contributed by atoms with Crippen molar-refractivity contribution in [2.75, 3.05) is 6.61 Å². The van der Waals surface area contributed by atoms with Crippen LogP contribution in [0.1, 0.15) is 44.4 Å². The Hall–Kier alpha value is -1.70. The number of rotatable bonds is 6. The SMILES string of the molecule is CCCC/C=C\c1cn(C2CC(O)C(CO)O2)c(=O)[nH]c1=O. The van der Waals surface area contributed by atoms with E-state index in [1.165, 1.54) is 10.8 Å². The molecule has 3 atom stereocenters. The third kappa shape index (κ3) is 3.73. The number of nitrogens with one attached hydrogen (secondary N) is 1. The molecule has 1 aliphatic heterocycles. The number of ether oxygens (including phenoxy) is 1. The number of hydrogen-bond donors (Lipinski definition) is 3. The highest BCUT2D eigenvalue weighted by atomic mass is 16.5. The number of aliphatic hydroxyl groups excluding tert-OH is 2. The molecule has 0 spiro atoms. The van der Waals surface area contributed by atoms with Gasteiger partial charge < -0.3 is 14.9 Å². The summed E-state index contributed by atoms with van der Waals surface area (Å²) in [5.74, 6) is 0. The van der Waals surface area contributed by atoms with Crippen LogP contribution in [0.25, 0.3) is 6.08 Å². The molecule has 0 saturated carbocycles. The monoisotopic (exact) mass is 310 g/mol. The lowest BCUT2D eigenvalue weighted by Gasteiger charge is -2.14. The summed E-state index contributed by atoms with van der Waals surface area (Å²) < 4.78 is 6.69. The maximum atomic E-state index is 11.9. The minimum atomic E-state index is -0.836. The number of nitrogens with zero attached hydrogens (tertiary/aromatic N) is 1. The van der Waals surface area contributed by atoms with Gasteiger partial charge in [-0.3, -0.25) is 14.3 Å². The Labute approximate surface area is 127 Å². The van der Waals surface area contributed by atoms with Gasteiger partial charge in [0.2, 0.25) is 0 Å². The zero-order valence-electron chi connectivity index (χ0n) is 12.6. The second-order valence-electron chi connectivity index (χ2n) is 5.41. The van der Waals surface area contributed by atoms with E-state index in [1.54, 1.807) is 6.08 Å². The van der Waals surface area contributed by atoms with Crippen molar-refractivity contribution in [1.29, 1.82) is 0 Å². The third-order valence-corrected chi connectivity index (χ3v) is 3.71. The molecule has 122 valence electrons. The molecular formula is C15H22N2O5. The first-order valence-corrected chi connectivity index (χ1v) is 7.53. The first kappa shape index (κ1) is 16.7. The summed E-state index contributed by atoms with van der Waals surface area (Å²) in [4.78, 5) is 26.0. The number of aromatic amines is 1. The van der Waals surface area contributed by atoms with Crippen molar-refractivity contribution < 1.29 is 14.9 Å². The van der Waals surface area contributed by atoms with Gasteiger partial charge in [-0.05, 0) is 6.42 Å². The molecule has 1 aromatic heterocycles. The van der Waals surface area contributed by atoms with E-state index in [9.17, 15) is 14.7 Å². The molecule has 0 radical (unpaired) electrons. The maximum Gasteiger partial charge on any atom is 0.330 e. The summed E-state index contributed by atoms with van der Waals surface area (Å²) in [6.45, 7) is 1.76. The maximum absolute atomic E-state index is 11.9. The Bertz CT molecular complexity index is 634. The van der Waals surface area contributed by atoms with Gasteiger partial charge in [0.25, 0.3) is 5.56 Å². The Morgan fingerprint density at radius 3 is 2.91 bits per heavy atom. The Morgan fingerprint density at radius 1 is 1.50 bits per heavy atom. The topological polar surface area (TPSA) is 105 Å². The molecule has 2 heterocycles. The molecule has 2 rings (SSSR count). The summed E-state index contributed by atoms with van der Waals surface area (Å²) in [6, 6.07) is 0. The molecule has 1 saturated heterocycles. The van der Waals surface area contributed by atoms with Gasteiger partial charge in [-0.25, -0.2) is 4.79 Å². The summed E-state index contributed by atoms with van der Waals surface area (Å²) in [6.07, 6.45) is 5.91. The number of hydrogen-bond acceptors (Lipinski definition) is 5. The normalized spacial score (nSPS) is 25.1. The Morgan fingerprint density at radius 2 is 2.27 bits per heavy atom. The zero-order chi connectivity index (χ0) is 16.1. The van der Waals surface area contributed by atoms with Gasteiger partial charge in [0, 0.05) is 12.6 Å². The molecular weight excluding hydrogens is 288 g/mol. The quantitative estimate of drug-likeness (QED) is 0.659.